The first kappa shape index (κ1) is 17.5. The molecule has 1 aliphatic rings. The van der Waals surface area contributed by atoms with Crippen molar-refractivity contribution < 1.29 is 23.9 Å². The molecule has 1 amide bonds. The summed E-state index contributed by atoms with van der Waals surface area (Å²) in [5.74, 6) is 1.14. The smallest absolute Gasteiger partial charge is 0.311 e. The molecule has 0 atom stereocenters. The molecular formula is C18H18N2O6. The molecule has 3 rings (SSSR count). The van der Waals surface area contributed by atoms with Gasteiger partial charge in [-0.1, -0.05) is 6.07 Å². The maximum atomic E-state index is 12.8. The Kier molecular flexibility index (Phi) is 4.92. The van der Waals surface area contributed by atoms with Crippen LogP contribution in [0.4, 0.5) is 5.69 Å². The van der Waals surface area contributed by atoms with Crippen molar-refractivity contribution in [3.63, 3.8) is 0 Å². The molecule has 0 bridgehead atoms. The van der Waals surface area contributed by atoms with Crippen molar-refractivity contribution in [1.82, 2.24) is 4.90 Å². The first-order chi connectivity index (χ1) is 12.5. The van der Waals surface area contributed by atoms with Gasteiger partial charge in [0.2, 0.25) is 6.79 Å². The Morgan fingerprint density at radius 1 is 1.23 bits per heavy atom. The van der Waals surface area contributed by atoms with Crippen molar-refractivity contribution in [1.29, 1.82) is 0 Å². The van der Waals surface area contributed by atoms with Gasteiger partial charge < -0.3 is 19.1 Å². The molecule has 26 heavy (non-hydrogen) atoms. The number of fused-ring (bicyclic) bond motifs is 1. The predicted molar refractivity (Wildman–Crippen MR) is 92.6 cm³/mol. The third-order valence-electron chi connectivity index (χ3n) is 4.10. The van der Waals surface area contributed by atoms with E-state index in [9.17, 15) is 14.9 Å². The van der Waals surface area contributed by atoms with Crippen LogP contribution in [0.25, 0.3) is 0 Å². The summed E-state index contributed by atoms with van der Waals surface area (Å²) in [5.41, 5.74) is 0.880. The van der Waals surface area contributed by atoms with E-state index in [1.807, 2.05) is 19.1 Å². The van der Waals surface area contributed by atoms with Gasteiger partial charge in [0.1, 0.15) is 0 Å². The van der Waals surface area contributed by atoms with Crippen LogP contribution in [0.3, 0.4) is 0 Å². The normalized spacial score (nSPS) is 11.9. The zero-order chi connectivity index (χ0) is 18.7. The molecule has 0 saturated heterocycles. The fourth-order valence-electron chi connectivity index (χ4n) is 2.74. The summed E-state index contributed by atoms with van der Waals surface area (Å²) < 4.78 is 15.6. The molecule has 0 aliphatic carbocycles. The Balaban J connectivity index is 1.83. The molecule has 0 aromatic heterocycles. The average Bonchev–Trinajstić information content (AvgIpc) is 3.12. The second-order valence-corrected chi connectivity index (χ2v) is 5.65. The summed E-state index contributed by atoms with van der Waals surface area (Å²) in [5, 5.41) is 11.2. The molecule has 8 heteroatoms. The zero-order valence-electron chi connectivity index (χ0n) is 14.4. The highest BCUT2D eigenvalue weighted by Crippen LogP contribution is 2.33. The van der Waals surface area contributed by atoms with E-state index in [4.69, 9.17) is 14.2 Å². The highest BCUT2D eigenvalue weighted by Gasteiger charge is 2.22. The fourth-order valence-corrected chi connectivity index (χ4v) is 2.74. The first-order valence-electron chi connectivity index (χ1n) is 8.03. The van der Waals surface area contributed by atoms with Crippen LogP contribution < -0.4 is 14.2 Å². The van der Waals surface area contributed by atoms with Crippen molar-refractivity contribution in [3.05, 3.63) is 57.6 Å². The van der Waals surface area contributed by atoms with E-state index in [2.05, 4.69) is 0 Å². The standard InChI is InChI=1S/C18H18N2O6/c1-3-19(10-12-4-6-16-17(8-12)26-11-25-16)18(21)13-5-7-15(24-2)14(9-13)20(22)23/h4-9H,3,10-11H2,1-2H3. The number of amides is 1. The number of nitro groups is 1. The number of methoxy groups -OCH3 is 1. The molecule has 0 fully saturated rings. The number of ether oxygens (including phenoxy) is 3. The summed E-state index contributed by atoms with van der Waals surface area (Å²) in [7, 11) is 1.35. The second-order valence-electron chi connectivity index (χ2n) is 5.65. The van der Waals surface area contributed by atoms with Crippen LogP contribution in [-0.2, 0) is 6.54 Å². The molecule has 136 valence electrons. The van der Waals surface area contributed by atoms with Gasteiger partial charge in [0.05, 0.1) is 12.0 Å². The third-order valence-corrected chi connectivity index (χ3v) is 4.10. The summed E-state index contributed by atoms with van der Waals surface area (Å²) in [4.78, 5) is 25.0. The summed E-state index contributed by atoms with van der Waals surface area (Å²) >= 11 is 0. The minimum atomic E-state index is -0.566. The van der Waals surface area contributed by atoms with Crippen LogP contribution in [0.5, 0.6) is 17.2 Å². The number of hydrogen-bond acceptors (Lipinski definition) is 6. The Bertz CT molecular complexity index is 852. The van der Waals surface area contributed by atoms with Gasteiger partial charge >= 0.3 is 5.69 Å². The third kappa shape index (κ3) is 3.39. The van der Waals surface area contributed by atoms with E-state index in [0.717, 1.165) is 5.56 Å². The zero-order valence-corrected chi connectivity index (χ0v) is 14.4. The number of carbonyl (C=O) groups is 1. The van der Waals surface area contributed by atoms with Crippen LogP contribution in [0.2, 0.25) is 0 Å². The number of rotatable bonds is 6. The number of carbonyl (C=O) groups excluding carboxylic acids is 1. The molecule has 0 unspecified atom stereocenters. The Hall–Kier alpha value is -3.29. The van der Waals surface area contributed by atoms with E-state index >= 15 is 0 Å². The number of nitro benzene ring substituents is 1. The lowest BCUT2D eigenvalue weighted by Crippen LogP contribution is -2.30. The minimum absolute atomic E-state index is 0.116. The van der Waals surface area contributed by atoms with Gasteiger partial charge in [-0.05, 0) is 36.8 Å². The Morgan fingerprint density at radius 2 is 2.00 bits per heavy atom. The Labute approximate surface area is 150 Å². The maximum absolute atomic E-state index is 12.8. The molecule has 0 radical (unpaired) electrons. The fraction of sp³-hybridized carbons (Fsp3) is 0.278. The van der Waals surface area contributed by atoms with Crippen LogP contribution in [0.15, 0.2) is 36.4 Å². The lowest BCUT2D eigenvalue weighted by molar-refractivity contribution is -0.385. The van der Waals surface area contributed by atoms with Gasteiger partial charge in [-0.15, -0.1) is 0 Å². The van der Waals surface area contributed by atoms with E-state index in [1.54, 1.807) is 11.0 Å². The van der Waals surface area contributed by atoms with Gasteiger partial charge in [0.25, 0.3) is 5.91 Å². The van der Waals surface area contributed by atoms with E-state index in [0.29, 0.717) is 24.6 Å². The quantitative estimate of drug-likeness (QED) is 0.582. The van der Waals surface area contributed by atoms with Gasteiger partial charge in [0, 0.05) is 24.7 Å². The summed E-state index contributed by atoms with van der Waals surface area (Å²) in [6, 6.07) is 9.68. The molecule has 1 aliphatic heterocycles. The molecule has 0 saturated carbocycles. The summed E-state index contributed by atoms with van der Waals surface area (Å²) in [6.45, 7) is 2.84. The van der Waals surface area contributed by atoms with E-state index in [-0.39, 0.29) is 29.7 Å². The molecule has 2 aromatic rings. The molecule has 2 aromatic carbocycles. The van der Waals surface area contributed by atoms with Crippen molar-refractivity contribution in [2.75, 3.05) is 20.4 Å². The summed E-state index contributed by atoms with van der Waals surface area (Å²) in [6.07, 6.45) is 0. The molecule has 1 heterocycles. The topological polar surface area (TPSA) is 91.1 Å². The largest absolute Gasteiger partial charge is 0.490 e. The monoisotopic (exact) mass is 358 g/mol. The molecule has 0 spiro atoms. The van der Waals surface area contributed by atoms with Crippen LogP contribution in [0, 0.1) is 10.1 Å². The van der Waals surface area contributed by atoms with Crippen molar-refractivity contribution >= 4 is 11.6 Å². The van der Waals surface area contributed by atoms with E-state index < -0.39 is 4.92 Å². The predicted octanol–water partition coefficient (Wildman–Crippen LogP) is 2.99. The lowest BCUT2D eigenvalue weighted by Gasteiger charge is -2.21. The molecule has 8 nitrogen and oxygen atoms in total. The number of hydrogen-bond donors (Lipinski definition) is 0. The van der Waals surface area contributed by atoms with Crippen LogP contribution in [-0.4, -0.2) is 36.2 Å². The number of nitrogens with zero attached hydrogens (tertiary/aromatic N) is 2. The van der Waals surface area contributed by atoms with Crippen molar-refractivity contribution in [2.45, 2.75) is 13.5 Å². The van der Waals surface area contributed by atoms with Gasteiger partial charge in [-0.2, -0.15) is 0 Å². The Morgan fingerprint density at radius 3 is 2.69 bits per heavy atom. The minimum Gasteiger partial charge on any atom is -0.490 e. The molecule has 0 N–H and O–H groups in total. The van der Waals surface area contributed by atoms with Crippen LogP contribution in [0.1, 0.15) is 22.8 Å². The van der Waals surface area contributed by atoms with Crippen molar-refractivity contribution in [3.8, 4) is 17.2 Å². The average molecular weight is 358 g/mol. The van der Waals surface area contributed by atoms with E-state index in [1.165, 1.54) is 25.3 Å². The van der Waals surface area contributed by atoms with Gasteiger partial charge in [-0.3, -0.25) is 14.9 Å². The highest BCUT2D eigenvalue weighted by atomic mass is 16.7. The van der Waals surface area contributed by atoms with Crippen LogP contribution >= 0.6 is 0 Å². The van der Waals surface area contributed by atoms with Gasteiger partial charge in [0.15, 0.2) is 17.2 Å². The highest BCUT2D eigenvalue weighted by molar-refractivity contribution is 5.95. The first-order valence-corrected chi connectivity index (χ1v) is 8.03. The van der Waals surface area contributed by atoms with Gasteiger partial charge in [-0.25, -0.2) is 0 Å². The second kappa shape index (κ2) is 7.30. The number of benzene rings is 2. The van der Waals surface area contributed by atoms with Crippen molar-refractivity contribution in [2.24, 2.45) is 0 Å². The maximum Gasteiger partial charge on any atom is 0.311 e. The SMILES string of the molecule is CCN(Cc1ccc2c(c1)OCO2)C(=O)c1ccc(OC)c([N+](=O)[O-])c1. The lowest BCUT2D eigenvalue weighted by atomic mass is 10.1. The molecular weight excluding hydrogens is 340 g/mol.